The molecular weight excluding hydrogens is 236 g/mol. The molecule has 2 aromatic rings. The highest BCUT2D eigenvalue weighted by molar-refractivity contribution is 6.34. The van der Waals surface area contributed by atoms with E-state index in [1.54, 1.807) is 18.2 Å². The van der Waals surface area contributed by atoms with E-state index in [0.717, 1.165) is 5.69 Å². The molecule has 0 fully saturated rings. The van der Waals surface area contributed by atoms with Crippen molar-refractivity contribution in [2.45, 2.75) is 0 Å². The van der Waals surface area contributed by atoms with Crippen LogP contribution in [-0.2, 0) is 0 Å². The lowest BCUT2D eigenvalue weighted by Crippen LogP contribution is -2.12. The van der Waals surface area contributed by atoms with Gasteiger partial charge in [-0.3, -0.25) is 4.79 Å². The van der Waals surface area contributed by atoms with Crippen molar-refractivity contribution in [3.8, 4) is 0 Å². The van der Waals surface area contributed by atoms with Gasteiger partial charge in [0.15, 0.2) is 0 Å². The number of amides is 1. The van der Waals surface area contributed by atoms with Crippen LogP contribution in [0, 0.1) is 0 Å². The van der Waals surface area contributed by atoms with Gasteiger partial charge in [-0.2, -0.15) is 0 Å². The first kappa shape index (κ1) is 11.5. The third-order valence-electron chi connectivity index (χ3n) is 2.27. The van der Waals surface area contributed by atoms with Gasteiger partial charge in [-0.1, -0.05) is 29.8 Å². The lowest BCUT2D eigenvalue weighted by Gasteiger charge is -2.06. The summed E-state index contributed by atoms with van der Waals surface area (Å²) in [6, 6.07) is 14.0. The van der Waals surface area contributed by atoms with Crippen LogP contribution in [0.25, 0.3) is 0 Å². The fraction of sp³-hybridized carbons (Fsp3) is 0. The van der Waals surface area contributed by atoms with E-state index in [4.69, 9.17) is 17.3 Å². The molecule has 4 heteroatoms. The monoisotopic (exact) mass is 246 g/mol. The van der Waals surface area contributed by atoms with Crippen LogP contribution in [0.15, 0.2) is 48.5 Å². The molecule has 1 amide bonds. The Morgan fingerprint density at radius 3 is 2.47 bits per heavy atom. The van der Waals surface area contributed by atoms with Crippen LogP contribution in [0.5, 0.6) is 0 Å². The van der Waals surface area contributed by atoms with Crippen LogP contribution >= 0.6 is 11.6 Å². The average Bonchev–Trinajstić information content (AvgIpc) is 2.30. The third-order valence-corrected chi connectivity index (χ3v) is 2.58. The zero-order valence-corrected chi connectivity index (χ0v) is 9.74. The molecular formula is C13H11ClN2O. The second-order valence-corrected chi connectivity index (χ2v) is 3.97. The Kier molecular flexibility index (Phi) is 3.30. The van der Waals surface area contributed by atoms with Gasteiger partial charge >= 0.3 is 0 Å². The Labute approximate surface area is 104 Å². The van der Waals surface area contributed by atoms with Crippen molar-refractivity contribution in [1.82, 2.24) is 0 Å². The Morgan fingerprint density at radius 2 is 1.82 bits per heavy atom. The van der Waals surface area contributed by atoms with Gasteiger partial charge in [0.25, 0.3) is 5.91 Å². The number of rotatable bonds is 2. The summed E-state index contributed by atoms with van der Waals surface area (Å²) in [5.41, 5.74) is 7.23. The summed E-state index contributed by atoms with van der Waals surface area (Å²) in [6.45, 7) is 0. The summed E-state index contributed by atoms with van der Waals surface area (Å²) in [7, 11) is 0. The molecule has 0 saturated carbocycles. The molecule has 0 aliphatic rings. The van der Waals surface area contributed by atoms with Gasteiger partial charge in [-0.15, -0.1) is 0 Å². The molecule has 2 rings (SSSR count). The maximum atomic E-state index is 11.9. The number of halogens is 1. The minimum Gasteiger partial charge on any atom is -0.399 e. The number of carbonyl (C=O) groups is 1. The maximum Gasteiger partial charge on any atom is 0.257 e. The first-order valence-electron chi connectivity index (χ1n) is 5.08. The summed E-state index contributed by atoms with van der Waals surface area (Å²) in [5.74, 6) is -0.249. The van der Waals surface area contributed by atoms with Crippen LogP contribution in [-0.4, -0.2) is 5.91 Å². The minimum absolute atomic E-state index is 0.249. The standard InChI is InChI=1S/C13H11ClN2O/c14-12-8-9(15)6-7-11(12)13(17)16-10-4-2-1-3-5-10/h1-8H,15H2,(H,16,17). The second-order valence-electron chi connectivity index (χ2n) is 3.56. The number of nitrogens with one attached hydrogen (secondary N) is 1. The van der Waals surface area contributed by atoms with E-state index in [1.807, 2.05) is 30.3 Å². The molecule has 0 aromatic heterocycles. The summed E-state index contributed by atoms with van der Waals surface area (Å²) in [6.07, 6.45) is 0. The van der Waals surface area contributed by atoms with E-state index in [9.17, 15) is 4.79 Å². The quantitative estimate of drug-likeness (QED) is 0.800. The SMILES string of the molecule is Nc1ccc(C(=O)Nc2ccccc2)c(Cl)c1. The van der Waals surface area contributed by atoms with E-state index in [1.165, 1.54) is 0 Å². The minimum atomic E-state index is -0.249. The van der Waals surface area contributed by atoms with E-state index in [0.29, 0.717) is 16.3 Å². The molecule has 0 heterocycles. The average molecular weight is 247 g/mol. The molecule has 3 N–H and O–H groups in total. The van der Waals surface area contributed by atoms with Crippen molar-refractivity contribution in [3.63, 3.8) is 0 Å². The highest BCUT2D eigenvalue weighted by Crippen LogP contribution is 2.20. The number of nitrogens with two attached hydrogens (primary N) is 1. The van der Waals surface area contributed by atoms with Gasteiger partial charge in [0.05, 0.1) is 10.6 Å². The van der Waals surface area contributed by atoms with Crippen molar-refractivity contribution in [3.05, 3.63) is 59.1 Å². The van der Waals surface area contributed by atoms with Gasteiger partial charge in [0, 0.05) is 11.4 Å². The van der Waals surface area contributed by atoms with Crippen LogP contribution in [0.2, 0.25) is 5.02 Å². The molecule has 0 bridgehead atoms. The van der Waals surface area contributed by atoms with Crippen molar-refractivity contribution >= 4 is 28.9 Å². The zero-order chi connectivity index (χ0) is 12.3. The highest BCUT2D eigenvalue weighted by atomic mass is 35.5. The summed E-state index contributed by atoms with van der Waals surface area (Å²) < 4.78 is 0. The van der Waals surface area contributed by atoms with Crippen LogP contribution in [0.1, 0.15) is 10.4 Å². The van der Waals surface area contributed by atoms with Gasteiger partial charge in [0.1, 0.15) is 0 Å². The lowest BCUT2D eigenvalue weighted by atomic mass is 10.2. The molecule has 3 nitrogen and oxygen atoms in total. The molecule has 0 saturated heterocycles. The summed E-state index contributed by atoms with van der Waals surface area (Å²) in [4.78, 5) is 11.9. The molecule has 0 aliphatic carbocycles. The zero-order valence-electron chi connectivity index (χ0n) is 8.98. The first-order valence-corrected chi connectivity index (χ1v) is 5.46. The molecule has 2 aromatic carbocycles. The highest BCUT2D eigenvalue weighted by Gasteiger charge is 2.10. The number of para-hydroxylation sites is 1. The maximum absolute atomic E-state index is 11.9. The number of anilines is 2. The molecule has 0 radical (unpaired) electrons. The largest absolute Gasteiger partial charge is 0.399 e. The Morgan fingerprint density at radius 1 is 1.12 bits per heavy atom. The van der Waals surface area contributed by atoms with Gasteiger partial charge in [-0.05, 0) is 30.3 Å². The summed E-state index contributed by atoms with van der Waals surface area (Å²) >= 11 is 5.95. The topological polar surface area (TPSA) is 55.1 Å². The second kappa shape index (κ2) is 4.89. The molecule has 0 aliphatic heterocycles. The van der Waals surface area contributed by atoms with Crippen LogP contribution in [0.4, 0.5) is 11.4 Å². The molecule has 86 valence electrons. The van der Waals surface area contributed by atoms with Crippen LogP contribution in [0.3, 0.4) is 0 Å². The normalized spacial score (nSPS) is 9.94. The number of hydrogen-bond acceptors (Lipinski definition) is 2. The Hall–Kier alpha value is -2.00. The number of carbonyl (C=O) groups excluding carboxylic acids is 1. The molecule has 0 spiro atoms. The molecule has 17 heavy (non-hydrogen) atoms. The molecule has 0 unspecified atom stereocenters. The van der Waals surface area contributed by atoms with Gasteiger partial charge in [-0.25, -0.2) is 0 Å². The smallest absolute Gasteiger partial charge is 0.257 e. The Balaban J connectivity index is 2.21. The van der Waals surface area contributed by atoms with Crippen molar-refractivity contribution in [2.75, 3.05) is 11.1 Å². The fourth-order valence-corrected chi connectivity index (χ4v) is 1.71. The van der Waals surface area contributed by atoms with Crippen LogP contribution < -0.4 is 11.1 Å². The van der Waals surface area contributed by atoms with Crippen molar-refractivity contribution in [1.29, 1.82) is 0 Å². The fourth-order valence-electron chi connectivity index (χ4n) is 1.44. The Bertz CT molecular complexity index is 540. The van der Waals surface area contributed by atoms with E-state index < -0.39 is 0 Å². The predicted octanol–water partition coefficient (Wildman–Crippen LogP) is 3.17. The van der Waals surface area contributed by atoms with E-state index in [2.05, 4.69) is 5.32 Å². The van der Waals surface area contributed by atoms with E-state index in [-0.39, 0.29) is 5.91 Å². The van der Waals surface area contributed by atoms with Crippen molar-refractivity contribution < 1.29 is 4.79 Å². The lowest BCUT2D eigenvalue weighted by molar-refractivity contribution is 0.102. The van der Waals surface area contributed by atoms with Crippen molar-refractivity contribution in [2.24, 2.45) is 0 Å². The molecule has 0 atom stereocenters. The number of nitrogen functional groups attached to an aromatic ring is 1. The first-order chi connectivity index (χ1) is 8.16. The third kappa shape index (κ3) is 2.77. The number of hydrogen-bond donors (Lipinski definition) is 2. The van der Waals surface area contributed by atoms with E-state index >= 15 is 0 Å². The van der Waals surface area contributed by atoms with Gasteiger partial charge in [0.2, 0.25) is 0 Å². The summed E-state index contributed by atoms with van der Waals surface area (Å²) in [5, 5.41) is 3.10. The number of benzene rings is 2. The predicted molar refractivity (Wildman–Crippen MR) is 70.3 cm³/mol. The van der Waals surface area contributed by atoms with Gasteiger partial charge < -0.3 is 11.1 Å².